The summed E-state index contributed by atoms with van der Waals surface area (Å²) in [7, 11) is -1.41. The molecule has 0 saturated heterocycles. The van der Waals surface area contributed by atoms with Crippen LogP contribution in [0.15, 0.2) is 41.7 Å². The molecule has 0 atom stereocenters. The molecule has 1 aromatic carbocycles. The van der Waals surface area contributed by atoms with Crippen LogP contribution in [0.25, 0.3) is 11.3 Å². The van der Waals surface area contributed by atoms with Crippen molar-refractivity contribution < 1.29 is 8.42 Å². The largest absolute Gasteiger partial charge is 0.368 e. The first-order chi connectivity index (χ1) is 12.3. The van der Waals surface area contributed by atoms with E-state index < -0.39 is 9.84 Å². The van der Waals surface area contributed by atoms with Crippen molar-refractivity contribution in [3.8, 4) is 23.1 Å². The van der Waals surface area contributed by atoms with Gasteiger partial charge in [0.15, 0.2) is 9.84 Å². The van der Waals surface area contributed by atoms with Crippen LogP contribution in [0.4, 0.5) is 5.95 Å². The maximum atomic E-state index is 11.6. The number of hydrogen-bond acceptors (Lipinski definition) is 6. The van der Waals surface area contributed by atoms with Gasteiger partial charge < -0.3 is 10.3 Å². The molecule has 3 rings (SSSR count). The zero-order chi connectivity index (χ0) is 18.9. The van der Waals surface area contributed by atoms with E-state index in [9.17, 15) is 8.42 Å². The fraction of sp³-hybridized carbons (Fsp3) is 0.167. The Bertz CT molecular complexity index is 1140. The second kappa shape index (κ2) is 6.61. The molecule has 0 spiro atoms. The Labute approximate surface area is 151 Å². The minimum Gasteiger partial charge on any atom is -0.368 e. The topological polar surface area (TPSA) is 104 Å². The normalized spacial score (nSPS) is 11.0. The number of aryl methyl sites for hydroxylation is 2. The van der Waals surface area contributed by atoms with E-state index in [0.717, 1.165) is 5.69 Å². The van der Waals surface area contributed by atoms with Crippen LogP contribution in [0.5, 0.6) is 0 Å². The van der Waals surface area contributed by atoms with Crippen LogP contribution in [-0.2, 0) is 16.9 Å². The Morgan fingerprint density at radius 1 is 1.12 bits per heavy atom. The van der Waals surface area contributed by atoms with Crippen LogP contribution in [0.2, 0.25) is 0 Å². The lowest BCUT2D eigenvalue weighted by molar-refractivity contribution is 0.602. The first kappa shape index (κ1) is 17.6. The van der Waals surface area contributed by atoms with Crippen LogP contribution in [-0.4, -0.2) is 34.2 Å². The molecule has 8 heteroatoms. The highest BCUT2D eigenvalue weighted by molar-refractivity contribution is 7.90. The molecule has 0 fully saturated rings. The number of nitrogens with two attached hydrogens (primary N) is 1. The van der Waals surface area contributed by atoms with Gasteiger partial charge in [0, 0.05) is 18.9 Å². The molecule has 0 amide bonds. The molecule has 0 radical (unpaired) electrons. The van der Waals surface area contributed by atoms with Gasteiger partial charge in [0.2, 0.25) is 5.95 Å². The predicted molar refractivity (Wildman–Crippen MR) is 98.9 cm³/mol. The van der Waals surface area contributed by atoms with Gasteiger partial charge in [0.1, 0.15) is 5.69 Å². The number of hydrogen-bond donors (Lipinski definition) is 1. The molecule has 7 nitrogen and oxygen atoms in total. The van der Waals surface area contributed by atoms with E-state index in [-0.39, 0.29) is 10.8 Å². The molecular weight excluding hydrogens is 350 g/mol. The van der Waals surface area contributed by atoms with Crippen LogP contribution in [0.3, 0.4) is 0 Å². The third kappa shape index (κ3) is 3.58. The average Bonchev–Trinajstić information content (AvgIpc) is 2.98. The second-order valence-electron chi connectivity index (χ2n) is 5.83. The molecule has 0 unspecified atom stereocenters. The smallest absolute Gasteiger partial charge is 0.220 e. The summed E-state index contributed by atoms with van der Waals surface area (Å²) in [5.74, 6) is 6.27. The van der Waals surface area contributed by atoms with Crippen LogP contribution < -0.4 is 5.73 Å². The molecule has 2 heterocycles. The first-order valence-corrected chi connectivity index (χ1v) is 9.58. The van der Waals surface area contributed by atoms with Gasteiger partial charge in [-0.3, -0.25) is 0 Å². The summed E-state index contributed by atoms with van der Waals surface area (Å²) in [5.41, 5.74) is 9.10. The van der Waals surface area contributed by atoms with Crippen LogP contribution in [0, 0.1) is 18.8 Å². The summed E-state index contributed by atoms with van der Waals surface area (Å²) in [5, 5.41) is 0. The minimum atomic E-state index is -3.27. The van der Waals surface area contributed by atoms with Crippen molar-refractivity contribution in [1.82, 2.24) is 19.5 Å². The summed E-state index contributed by atoms with van der Waals surface area (Å²) in [6, 6.07) is 6.45. The van der Waals surface area contributed by atoms with Crippen molar-refractivity contribution in [1.29, 1.82) is 0 Å². The van der Waals surface area contributed by atoms with Crippen LogP contribution >= 0.6 is 0 Å². The summed E-state index contributed by atoms with van der Waals surface area (Å²) in [4.78, 5) is 12.8. The fourth-order valence-corrected chi connectivity index (χ4v) is 3.05. The lowest BCUT2D eigenvalue weighted by atomic mass is 10.0. The highest BCUT2D eigenvalue weighted by atomic mass is 32.2. The zero-order valence-electron chi connectivity index (χ0n) is 14.6. The predicted octanol–water partition coefficient (Wildman–Crippen LogP) is 1.57. The van der Waals surface area contributed by atoms with E-state index >= 15 is 0 Å². The lowest BCUT2D eigenvalue weighted by Crippen LogP contribution is -2.03. The van der Waals surface area contributed by atoms with Gasteiger partial charge in [-0.1, -0.05) is 18.1 Å². The minimum absolute atomic E-state index is 0.135. The average molecular weight is 367 g/mol. The Balaban J connectivity index is 2.13. The quantitative estimate of drug-likeness (QED) is 0.690. The lowest BCUT2D eigenvalue weighted by Gasteiger charge is -2.08. The number of aromatic nitrogens is 4. The number of anilines is 1. The molecule has 2 aromatic heterocycles. The summed E-state index contributed by atoms with van der Waals surface area (Å²) in [6.07, 6.45) is 4.50. The highest BCUT2D eigenvalue weighted by Crippen LogP contribution is 2.25. The van der Waals surface area contributed by atoms with Gasteiger partial charge >= 0.3 is 0 Å². The fourth-order valence-electron chi connectivity index (χ4n) is 2.42. The van der Waals surface area contributed by atoms with Gasteiger partial charge in [-0.2, -0.15) is 0 Å². The number of sulfone groups is 1. The van der Waals surface area contributed by atoms with Crippen molar-refractivity contribution in [2.45, 2.75) is 11.8 Å². The van der Waals surface area contributed by atoms with Gasteiger partial charge in [-0.25, -0.2) is 23.4 Å². The number of nitrogen functional groups attached to an aromatic ring is 1. The second-order valence-corrected chi connectivity index (χ2v) is 7.84. The summed E-state index contributed by atoms with van der Waals surface area (Å²) < 4.78 is 25.1. The number of rotatable bonds is 2. The molecule has 2 N–H and O–H groups in total. The Morgan fingerprint density at radius 2 is 1.81 bits per heavy atom. The molecular formula is C18H17N5O2S. The molecule has 3 aromatic rings. The van der Waals surface area contributed by atoms with Gasteiger partial charge in [0.25, 0.3) is 0 Å². The molecule has 0 aliphatic carbocycles. The van der Waals surface area contributed by atoms with E-state index in [4.69, 9.17) is 5.73 Å². The Hall–Kier alpha value is -3.18. The highest BCUT2D eigenvalue weighted by Gasteiger charge is 2.13. The van der Waals surface area contributed by atoms with Crippen molar-refractivity contribution in [3.63, 3.8) is 0 Å². The van der Waals surface area contributed by atoms with Crippen molar-refractivity contribution in [2.24, 2.45) is 7.05 Å². The molecule has 0 aliphatic heterocycles. The van der Waals surface area contributed by atoms with E-state index in [1.165, 1.54) is 18.4 Å². The molecule has 0 saturated carbocycles. The van der Waals surface area contributed by atoms with Gasteiger partial charge in [0.05, 0.1) is 34.4 Å². The first-order valence-electron chi connectivity index (χ1n) is 7.68. The maximum absolute atomic E-state index is 11.6. The zero-order valence-corrected chi connectivity index (χ0v) is 15.4. The summed E-state index contributed by atoms with van der Waals surface area (Å²) >= 11 is 0. The molecule has 26 heavy (non-hydrogen) atoms. The third-order valence-corrected chi connectivity index (χ3v) is 4.92. The van der Waals surface area contributed by atoms with E-state index in [0.29, 0.717) is 22.5 Å². The SMILES string of the molecule is Cc1nc(N)nc(-c2ccc(S(C)(=O)=O)cc2)c1C#Cc1cncn1C. The monoisotopic (exact) mass is 367 g/mol. The third-order valence-electron chi connectivity index (χ3n) is 3.80. The van der Waals surface area contributed by atoms with Crippen LogP contribution in [0.1, 0.15) is 17.0 Å². The van der Waals surface area contributed by atoms with Gasteiger partial charge in [-0.05, 0) is 25.0 Å². The Morgan fingerprint density at radius 3 is 2.38 bits per heavy atom. The van der Waals surface area contributed by atoms with E-state index in [1.807, 2.05) is 7.05 Å². The number of nitrogens with zero attached hydrogens (tertiary/aromatic N) is 4. The molecule has 132 valence electrons. The van der Waals surface area contributed by atoms with Crippen molar-refractivity contribution in [3.05, 3.63) is 53.7 Å². The molecule has 0 aliphatic rings. The maximum Gasteiger partial charge on any atom is 0.220 e. The number of imidazole rings is 1. The van der Waals surface area contributed by atoms with Crippen molar-refractivity contribution >= 4 is 15.8 Å². The van der Waals surface area contributed by atoms with Gasteiger partial charge in [-0.15, -0.1) is 0 Å². The number of benzene rings is 1. The standard InChI is InChI=1S/C18H17N5O2S/c1-12-16(9-6-14-10-20-11-23(14)2)17(22-18(19)21-12)13-4-7-15(8-5-13)26(3,24)25/h4-5,7-8,10-11H,1-3H3,(H2,19,21,22). The summed E-state index contributed by atoms with van der Waals surface area (Å²) in [6.45, 7) is 1.81. The Kier molecular flexibility index (Phi) is 4.49. The van der Waals surface area contributed by atoms with E-state index in [1.54, 1.807) is 36.1 Å². The molecule has 0 bridgehead atoms. The van der Waals surface area contributed by atoms with Crippen molar-refractivity contribution in [2.75, 3.05) is 12.0 Å². The van der Waals surface area contributed by atoms with E-state index in [2.05, 4.69) is 26.8 Å².